The second-order valence-electron chi connectivity index (χ2n) is 4.13. The van der Waals surface area contributed by atoms with E-state index in [2.05, 4.69) is 20.8 Å². The van der Waals surface area contributed by atoms with Crippen LogP contribution in [0.15, 0.2) is 24.3 Å². The number of nitrogens with two attached hydrogens (primary N) is 1. The van der Waals surface area contributed by atoms with Crippen LogP contribution in [0.5, 0.6) is 0 Å². The molecule has 0 radical (unpaired) electrons. The minimum atomic E-state index is -0.114. The Labute approximate surface area is 110 Å². The Kier molecular flexibility index (Phi) is 4.19. The number of nitrogens with one attached hydrogen (secondary N) is 1. The Hall–Kier alpha value is -2.28. The molecule has 100 valence electrons. The van der Waals surface area contributed by atoms with Crippen LogP contribution >= 0.6 is 0 Å². The molecule has 1 amide bonds. The van der Waals surface area contributed by atoms with Crippen molar-refractivity contribution in [3.05, 3.63) is 30.1 Å². The van der Waals surface area contributed by atoms with E-state index < -0.39 is 0 Å². The molecule has 3 N–H and O–H groups in total. The molecule has 0 fully saturated rings. The lowest BCUT2D eigenvalue weighted by molar-refractivity contribution is -0.114. The summed E-state index contributed by atoms with van der Waals surface area (Å²) in [7, 11) is 0. The van der Waals surface area contributed by atoms with Gasteiger partial charge in [-0.3, -0.25) is 4.79 Å². The maximum Gasteiger partial charge on any atom is 0.221 e. The van der Waals surface area contributed by atoms with Crippen molar-refractivity contribution in [2.45, 2.75) is 19.8 Å². The predicted molar refractivity (Wildman–Crippen MR) is 70.8 cm³/mol. The first-order valence-corrected chi connectivity index (χ1v) is 6.06. The van der Waals surface area contributed by atoms with Gasteiger partial charge in [-0.1, -0.05) is 6.07 Å². The molecule has 19 heavy (non-hydrogen) atoms. The molecule has 0 atom stereocenters. The van der Waals surface area contributed by atoms with Crippen LogP contribution in [0.4, 0.5) is 5.69 Å². The third-order valence-corrected chi connectivity index (χ3v) is 2.55. The van der Waals surface area contributed by atoms with E-state index in [4.69, 9.17) is 5.73 Å². The van der Waals surface area contributed by atoms with Gasteiger partial charge in [0.1, 0.15) is 0 Å². The van der Waals surface area contributed by atoms with Crippen LogP contribution in [-0.2, 0) is 11.2 Å². The molecule has 0 aliphatic rings. The highest BCUT2D eigenvalue weighted by molar-refractivity contribution is 5.88. The number of rotatable bonds is 5. The number of carbonyl (C=O) groups excluding carboxylic acids is 1. The summed E-state index contributed by atoms with van der Waals surface area (Å²) in [4.78, 5) is 11.0. The SMILES string of the molecule is CC(=O)Nc1cccc(-n2nnnc2CCCN)c1. The smallest absolute Gasteiger partial charge is 0.221 e. The standard InChI is InChI=1S/C12H16N6O/c1-9(19)14-10-4-2-5-11(8-10)18-12(6-3-7-13)15-16-17-18/h2,4-5,8H,3,6-7,13H2,1H3,(H,14,19). The lowest BCUT2D eigenvalue weighted by Gasteiger charge is -2.07. The van der Waals surface area contributed by atoms with Crippen molar-refractivity contribution in [2.75, 3.05) is 11.9 Å². The van der Waals surface area contributed by atoms with Crippen molar-refractivity contribution in [1.82, 2.24) is 20.2 Å². The average molecular weight is 260 g/mol. The molecule has 0 unspecified atom stereocenters. The summed E-state index contributed by atoms with van der Waals surface area (Å²) >= 11 is 0. The summed E-state index contributed by atoms with van der Waals surface area (Å²) in [6.07, 6.45) is 1.54. The highest BCUT2D eigenvalue weighted by Gasteiger charge is 2.08. The van der Waals surface area contributed by atoms with Crippen molar-refractivity contribution in [1.29, 1.82) is 0 Å². The van der Waals surface area contributed by atoms with Crippen LogP contribution in [0.3, 0.4) is 0 Å². The Morgan fingerprint density at radius 3 is 3.05 bits per heavy atom. The number of aromatic nitrogens is 4. The van der Waals surface area contributed by atoms with E-state index in [0.29, 0.717) is 18.7 Å². The molecule has 7 heteroatoms. The molecule has 0 spiro atoms. The number of nitrogens with zero attached hydrogens (tertiary/aromatic N) is 4. The number of amides is 1. The van der Waals surface area contributed by atoms with E-state index in [1.807, 2.05) is 24.3 Å². The van der Waals surface area contributed by atoms with Crippen LogP contribution in [-0.4, -0.2) is 32.7 Å². The van der Waals surface area contributed by atoms with Crippen molar-refractivity contribution in [3.8, 4) is 5.69 Å². The predicted octanol–water partition coefficient (Wildman–Crippen LogP) is 0.512. The zero-order valence-corrected chi connectivity index (χ0v) is 10.7. The van der Waals surface area contributed by atoms with Gasteiger partial charge in [0.2, 0.25) is 5.91 Å². The maximum absolute atomic E-state index is 11.0. The number of benzene rings is 1. The van der Waals surface area contributed by atoms with Crippen LogP contribution in [0, 0.1) is 0 Å². The summed E-state index contributed by atoms with van der Waals surface area (Å²) in [5.41, 5.74) is 7.01. The molecule has 0 aliphatic carbocycles. The Bertz CT molecular complexity index is 565. The molecular weight excluding hydrogens is 244 g/mol. The zero-order chi connectivity index (χ0) is 13.7. The summed E-state index contributed by atoms with van der Waals surface area (Å²) in [5, 5.41) is 14.3. The minimum absolute atomic E-state index is 0.114. The van der Waals surface area contributed by atoms with E-state index >= 15 is 0 Å². The third-order valence-electron chi connectivity index (χ3n) is 2.55. The van der Waals surface area contributed by atoms with E-state index in [1.165, 1.54) is 6.92 Å². The van der Waals surface area contributed by atoms with Gasteiger partial charge in [0.05, 0.1) is 5.69 Å². The van der Waals surface area contributed by atoms with Crippen molar-refractivity contribution in [3.63, 3.8) is 0 Å². The van der Waals surface area contributed by atoms with Crippen LogP contribution in [0.25, 0.3) is 5.69 Å². The molecule has 0 saturated carbocycles. The highest BCUT2D eigenvalue weighted by Crippen LogP contribution is 2.15. The molecule has 0 saturated heterocycles. The topological polar surface area (TPSA) is 98.7 Å². The second-order valence-corrected chi connectivity index (χ2v) is 4.13. The van der Waals surface area contributed by atoms with Crippen molar-refractivity contribution < 1.29 is 4.79 Å². The van der Waals surface area contributed by atoms with Gasteiger partial charge >= 0.3 is 0 Å². The number of hydrogen-bond donors (Lipinski definition) is 2. The normalized spacial score (nSPS) is 10.4. The first kappa shape index (κ1) is 13.2. The van der Waals surface area contributed by atoms with Crippen LogP contribution in [0.2, 0.25) is 0 Å². The number of hydrogen-bond acceptors (Lipinski definition) is 5. The summed E-state index contributed by atoms with van der Waals surface area (Å²) in [6, 6.07) is 7.36. The van der Waals surface area contributed by atoms with Gasteiger partial charge in [0.25, 0.3) is 0 Å². The molecule has 2 rings (SSSR count). The lowest BCUT2D eigenvalue weighted by Crippen LogP contribution is -2.09. The molecule has 1 aromatic heterocycles. The number of tetrazole rings is 1. The highest BCUT2D eigenvalue weighted by atomic mass is 16.1. The molecule has 0 aliphatic heterocycles. The van der Waals surface area contributed by atoms with Crippen molar-refractivity contribution >= 4 is 11.6 Å². The maximum atomic E-state index is 11.0. The van der Waals surface area contributed by atoms with Gasteiger partial charge < -0.3 is 11.1 Å². The largest absolute Gasteiger partial charge is 0.330 e. The van der Waals surface area contributed by atoms with Gasteiger partial charge in [-0.15, -0.1) is 5.10 Å². The zero-order valence-electron chi connectivity index (χ0n) is 10.7. The van der Waals surface area contributed by atoms with Crippen LogP contribution < -0.4 is 11.1 Å². The Morgan fingerprint density at radius 2 is 2.32 bits per heavy atom. The van der Waals surface area contributed by atoms with Gasteiger partial charge in [-0.2, -0.15) is 4.68 Å². The van der Waals surface area contributed by atoms with Crippen molar-refractivity contribution in [2.24, 2.45) is 5.73 Å². The number of anilines is 1. The fourth-order valence-electron chi connectivity index (χ4n) is 1.74. The van der Waals surface area contributed by atoms with E-state index in [9.17, 15) is 4.79 Å². The van der Waals surface area contributed by atoms with E-state index in [1.54, 1.807) is 4.68 Å². The Morgan fingerprint density at radius 1 is 1.47 bits per heavy atom. The fourth-order valence-corrected chi connectivity index (χ4v) is 1.74. The quantitative estimate of drug-likeness (QED) is 0.816. The minimum Gasteiger partial charge on any atom is -0.330 e. The number of aryl methyl sites for hydroxylation is 1. The van der Waals surface area contributed by atoms with Gasteiger partial charge in [0, 0.05) is 19.0 Å². The Balaban J connectivity index is 2.26. The van der Waals surface area contributed by atoms with Gasteiger partial charge in [-0.05, 0) is 41.6 Å². The molecule has 2 aromatic rings. The second kappa shape index (κ2) is 6.05. The molecule has 1 heterocycles. The molecule has 7 nitrogen and oxygen atoms in total. The molecule has 0 bridgehead atoms. The average Bonchev–Trinajstić information content (AvgIpc) is 2.84. The van der Waals surface area contributed by atoms with Gasteiger partial charge in [0.15, 0.2) is 5.82 Å². The first-order valence-electron chi connectivity index (χ1n) is 6.06. The van der Waals surface area contributed by atoms with Gasteiger partial charge in [-0.25, -0.2) is 0 Å². The fraction of sp³-hybridized carbons (Fsp3) is 0.333. The number of carbonyl (C=O) groups is 1. The monoisotopic (exact) mass is 260 g/mol. The summed E-state index contributed by atoms with van der Waals surface area (Å²) < 4.78 is 1.65. The van der Waals surface area contributed by atoms with Crippen LogP contribution in [0.1, 0.15) is 19.2 Å². The molecule has 1 aromatic carbocycles. The summed E-state index contributed by atoms with van der Waals surface area (Å²) in [5.74, 6) is 0.641. The molecular formula is C12H16N6O. The lowest BCUT2D eigenvalue weighted by atomic mass is 10.2. The first-order chi connectivity index (χ1) is 9.20. The third kappa shape index (κ3) is 3.35. The van der Waals surface area contributed by atoms with E-state index in [0.717, 1.165) is 17.9 Å². The van der Waals surface area contributed by atoms with E-state index in [-0.39, 0.29) is 5.91 Å². The summed E-state index contributed by atoms with van der Waals surface area (Å²) in [6.45, 7) is 2.06.